The molecule has 25 heavy (non-hydrogen) atoms. The van der Waals surface area contributed by atoms with Crippen LogP contribution < -0.4 is 10.0 Å². The number of sulfonamides is 1. The zero-order valence-electron chi connectivity index (χ0n) is 13.4. The summed E-state index contributed by atoms with van der Waals surface area (Å²) in [5, 5.41) is 13.1. The van der Waals surface area contributed by atoms with Gasteiger partial charge in [-0.05, 0) is 29.8 Å². The van der Waals surface area contributed by atoms with Gasteiger partial charge in [-0.1, -0.05) is 41.7 Å². The van der Waals surface area contributed by atoms with E-state index < -0.39 is 10.0 Å². The molecule has 0 spiro atoms. The molecule has 0 saturated carbocycles. The van der Waals surface area contributed by atoms with Crippen LogP contribution in [0.4, 0.5) is 5.13 Å². The molecule has 2 N–H and O–H groups in total. The first kappa shape index (κ1) is 17.5. The number of hydrogen-bond acceptors (Lipinski definition) is 6. The number of nitrogens with zero attached hydrogens (tertiary/aromatic N) is 2. The van der Waals surface area contributed by atoms with Crippen molar-refractivity contribution in [3.05, 3.63) is 47.5 Å². The lowest BCUT2D eigenvalue weighted by atomic mass is 10.1. The van der Waals surface area contributed by atoms with Crippen molar-refractivity contribution in [1.82, 2.24) is 14.9 Å². The number of aromatic nitrogens is 2. The quantitative estimate of drug-likeness (QED) is 0.687. The third-order valence-electron chi connectivity index (χ3n) is 3.45. The second-order valence-corrected chi connectivity index (χ2v) is 8.28. The van der Waals surface area contributed by atoms with Crippen molar-refractivity contribution in [1.29, 1.82) is 0 Å². The minimum Gasteiger partial charge on any atom is -0.300 e. The normalized spacial score (nSPS) is 11.6. The maximum absolute atomic E-state index is 12.4. The standard InChI is InChI=1S/C16H16N4O3S2/c1-11-19-20-16(24-11)18-15(21)8-9-17-25(22,23)14-7-6-12-4-2-3-5-13(12)10-14/h2-7,10,17H,8-9H2,1H3,(H,18,20,21). The minimum absolute atomic E-state index is 0.00121. The smallest absolute Gasteiger partial charge is 0.240 e. The maximum atomic E-state index is 12.4. The molecule has 0 fully saturated rings. The molecule has 0 atom stereocenters. The Morgan fingerprint density at radius 2 is 1.88 bits per heavy atom. The lowest BCUT2D eigenvalue weighted by Gasteiger charge is -2.07. The van der Waals surface area contributed by atoms with Gasteiger partial charge in [0.05, 0.1) is 4.90 Å². The highest BCUT2D eigenvalue weighted by atomic mass is 32.2. The largest absolute Gasteiger partial charge is 0.300 e. The average Bonchev–Trinajstić information content (AvgIpc) is 2.99. The van der Waals surface area contributed by atoms with Crippen LogP contribution in [0.3, 0.4) is 0 Å². The van der Waals surface area contributed by atoms with E-state index in [9.17, 15) is 13.2 Å². The summed E-state index contributed by atoms with van der Waals surface area (Å²) in [5.41, 5.74) is 0. The minimum atomic E-state index is -3.67. The zero-order chi connectivity index (χ0) is 17.9. The molecular weight excluding hydrogens is 360 g/mol. The highest BCUT2D eigenvalue weighted by molar-refractivity contribution is 7.89. The molecule has 1 amide bonds. The van der Waals surface area contributed by atoms with Crippen LogP contribution in [0, 0.1) is 6.92 Å². The van der Waals surface area contributed by atoms with E-state index in [0.29, 0.717) is 5.13 Å². The lowest BCUT2D eigenvalue weighted by Crippen LogP contribution is -2.27. The Bertz CT molecular complexity index is 1010. The fraction of sp³-hybridized carbons (Fsp3) is 0.188. The van der Waals surface area contributed by atoms with Gasteiger partial charge in [0.15, 0.2) is 0 Å². The Labute approximate surface area is 149 Å². The van der Waals surface area contributed by atoms with Gasteiger partial charge in [-0.3, -0.25) is 4.79 Å². The Kier molecular flexibility index (Phi) is 5.07. The van der Waals surface area contributed by atoms with E-state index in [2.05, 4.69) is 20.2 Å². The summed E-state index contributed by atoms with van der Waals surface area (Å²) in [6.07, 6.45) is 0.00540. The predicted molar refractivity (Wildman–Crippen MR) is 97.0 cm³/mol. The van der Waals surface area contributed by atoms with Crippen LogP contribution in [0.1, 0.15) is 11.4 Å². The van der Waals surface area contributed by atoms with Gasteiger partial charge in [0.1, 0.15) is 5.01 Å². The fourth-order valence-corrected chi connectivity index (χ4v) is 3.92. The second kappa shape index (κ2) is 7.26. The maximum Gasteiger partial charge on any atom is 0.240 e. The second-order valence-electron chi connectivity index (χ2n) is 5.33. The summed E-state index contributed by atoms with van der Waals surface area (Å²) in [6.45, 7) is 1.78. The third-order valence-corrected chi connectivity index (χ3v) is 5.66. The van der Waals surface area contributed by atoms with Gasteiger partial charge in [0, 0.05) is 13.0 Å². The number of fused-ring (bicyclic) bond motifs is 1. The summed E-state index contributed by atoms with van der Waals surface area (Å²) >= 11 is 1.26. The molecule has 0 aliphatic rings. The molecule has 0 saturated heterocycles. The SMILES string of the molecule is Cc1nnc(NC(=O)CCNS(=O)(=O)c2ccc3ccccc3c2)s1. The molecule has 0 bridgehead atoms. The van der Waals surface area contributed by atoms with Gasteiger partial charge in [-0.15, -0.1) is 10.2 Å². The van der Waals surface area contributed by atoms with Crippen LogP contribution in [-0.4, -0.2) is 31.1 Å². The molecule has 2 aromatic carbocycles. The van der Waals surface area contributed by atoms with Crippen LogP contribution >= 0.6 is 11.3 Å². The van der Waals surface area contributed by atoms with E-state index >= 15 is 0 Å². The highest BCUT2D eigenvalue weighted by Gasteiger charge is 2.15. The monoisotopic (exact) mass is 376 g/mol. The van der Waals surface area contributed by atoms with Crippen LogP contribution in [0.2, 0.25) is 0 Å². The van der Waals surface area contributed by atoms with Crippen LogP contribution in [0.25, 0.3) is 10.8 Å². The third kappa shape index (κ3) is 4.38. The molecule has 0 aliphatic heterocycles. The van der Waals surface area contributed by atoms with E-state index in [1.54, 1.807) is 25.1 Å². The summed E-state index contributed by atoms with van der Waals surface area (Å²) in [6, 6.07) is 12.4. The van der Waals surface area contributed by atoms with Crippen molar-refractivity contribution in [2.45, 2.75) is 18.2 Å². The number of carbonyl (C=O) groups excluding carboxylic acids is 1. The zero-order valence-corrected chi connectivity index (χ0v) is 15.0. The van der Waals surface area contributed by atoms with Crippen molar-refractivity contribution >= 4 is 43.2 Å². The number of nitrogens with one attached hydrogen (secondary N) is 2. The number of rotatable bonds is 6. The van der Waals surface area contributed by atoms with Crippen LogP contribution in [0.5, 0.6) is 0 Å². The first-order chi connectivity index (χ1) is 11.9. The molecule has 7 nitrogen and oxygen atoms in total. The predicted octanol–water partition coefficient (Wildman–Crippen LogP) is 2.31. The molecule has 3 rings (SSSR count). The molecule has 1 heterocycles. The molecule has 0 aliphatic carbocycles. The average molecular weight is 376 g/mol. The van der Waals surface area contributed by atoms with Crippen molar-refractivity contribution in [2.75, 3.05) is 11.9 Å². The van der Waals surface area contributed by atoms with Gasteiger partial charge in [-0.2, -0.15) is 0 Å². The number of benzene rings is 2. The van der Waals surface area contributed by atoms with E-state index in [1.807, 2.05) is 24.3 Å². The van der Waals surface area contributed by atoms with E-state index in [1.165, 1.54) is 11.3 Å². The van der Waals surface area contributed by atoms with Crippen LogP contribution in [-0.2, 0) is 14.8 Å². The van der Waals surface area contributed by atoms with Crippen molar-refractivity contribution in [2.24, 2.45) is 0 Å². The molecule has 3 aromatic rings. The lowest BCUT2D eigenvalue weighted by molar-refractivity contribution is -0.116. The molecule has 0 radical (unpaired) electrons. The van der Waals surface area contributed by atoms with Crippen LogP contribution in [0.15, 0.2) is 47.4 Å². The Morgan fingerprint density at radius 1 is 1.12 bits per heavy atom. The Hall–Kier alpha value is -2.36. The van der Waals surface area contributed by atoms with Crippen molar-refractivity contribution in [3.63, 3.8) is 0 Å². The van der Waals surface area contributed by atoms with Gasteiger partial charge >= 0.3 is 0 Å². The molecular formula is C16H16N4O3S2. The first-order valence-electron chi connectivity index (χ1n) is 7.52. The molecule has 130 valence electrons. The fourth-order valence-electron chi connectivity index (χ4n) is 2.25. The summed E-state index contributed by atoms with van der Waals surface area (Å²) in [4.78, 5) is 12.0. The van der Waals surface area contributed by atoms with Crippen molar-refractivity contribution in [3.8, 4) is 0 Å². The van der Waals surface area contributed by atoms with E-state index in [-0.39, 0.29) is 23.8 Å². The Morgan fingerprint density at radius 3 is 2.60 bits per heavy atom. The number of aryl methyl sites for hydroxylation is 1. The first-order valence-corrected chi connectivity index (χ1v) is 9.82. The Balaban J connectivity index is 1.60. The molecule has 1 aromatic heterocycles. The van der Waals surface area contributed by atoms with Gasteiger partial charge < -0.3 is 5.32 Å². The van der Waals surface area contributed by atoms with Gasteiger partial charge in [0.2, 0.25) is 21.1 Å². The summed E-state index contributed by atoms with van der Waals surface area (Å²) in [5.74, 6) is -0.322. The number of carbonyl (C=O) groups is 1. The van der Waals surface area contributed by atoms with E-state index in [4.69, 9.17) is 0 Å². The summed E-state index contributed by atoms with van der Waals surface area (Å²) < 4.78 is 27.2. The number of amides is 1. The highest BCUT2D eigenvalue weighted by Crippen LogP contribution is 2.19. The van der Waals surface area contributed by atoms with Gasteiger partial charge in [-0.25, -0.2) is 13.1 Å². The molecule has 9 heteroatoms. The summed E-state index contributed by atoms with van der Waals surface area (Å²) in [7, 11) is -3.67. The topological polar surface area (TPSA) is 101 Å². The van der Waals surface area contributed by atoms with E-state index in [0.717, 1.165) is 15.8 Å². The molecule has 0 unspecified atom stereocenters. The number of anilines is 1. The van der Waals surface area contributed by atoms with Gasteiger partial charge in [0.25, 0.3) is 0 Å². The van der Waals surface area contributed by atoms with Crippen molar-refractivity contribution < 1.29 is 13.2 Å². The number of hydrogen-bond donors (Lipinski definition) is 2.